The lowest BCUT2D eigenvalue weighted by molar-refractivity contribution is 0.163. The Morgan fingerprint density at radius 2 is 2.19 bits per heavy atom. The van der Waals surface area contributed by atoms with Crippen LogP contribution in [0.5, 0.6) is 5.75 Å². The predicted octanol–water partition coefficient (Wildman–Crippen LogP) is 2.50. The maximum Gasteiger partial charge on any atom is 0.138 e. The van der Waals surface area contributed by atoms with Crippen LogP contribution in [0.4, 0.5) is 0 Å². The maximum absolute atomic E-state index is 9.85. The lowest BCUT2D eigenvalue weighted by Gasteiger charge is -2.16. The fourth-order valence-electron chi connectivity index (χ4n) is 2.30. The van der Waals surface area contributed by atoms with Crippen LogP contribution in [-0.4, -0.2) is 22.3 Å². The van der Waals surface area contributed by atoms with Crippen molar-refractivity contribution in [2.24, 2.45) is 0 Å². The number of ether oxygens (including phenoxy) is 1. The fourth-order valence-corrected chi connectivity index (χ4v) is 2.30. The van der Waals surface area contributed by atoms with Gasteiger partial charge in [0, 0.05) is 12.1 Å². The van der Waals surface area contributed by atoms with E-state index in [0.29, 0.717) is 0 Å². The van der Waals surface area contributed by atoms with Gasteiger partial charge in [-0.3, -0.25) is 4.98 Å². The topological polar surface area (TPSA) is 42.4 Å². The van der Waals surface area contributed by atoms with Gasteiger partial charge in [-0.05, 0) is 38.3 Å². The minimum atomic E-state index is -0.212. The molecule has 0 spiro atoms. The zero-order chi connectivity index (χ0) is 11.5. The Morgan fingerprint density at radius 1 is 1.38 bits per heavy atom. The minimum Gasteiger partial charge on any atom is -0.489 e. The zero-order valence-electron chi connectivity index (χ0n) is 9.89. The number of aromatic nitrogens is 1. The van der Waals surface area contributed by atoms with E-state index in [1.165, 1.54) is 0 Å². The van der Waals surface area contributed by atoms with Crippen molar-refractivity contribution in [3.63, 3.8) is 0 Å². The molecule has 1 N–H and O–H groups in total. The van der Waals surface area contributed by atoms with Gasteiger partial charge < -0.3 is 9.84 Å². The van der Waals surface area contributed by atoms with Crippen LogP contribution in [0.3, 0.4) is 0 Å². The van der Waals surface area contributed by atoms with Crippen LogP contribution in [0.2, 0.25) is 0 Å². The second-order valence-electron chi connectivity index (χ2n) is 4.73. The average molecular weight is 221 g/mol. The second kappa shape index (κ2) is 4.83. The Balaban J connectivity index is 2.15. The van der Waals surface area contributed by atoms with Crippen molar-refractivity contribution >= 4 is 0 Å². The Kier molecular flexibility index (Phi) is 3.44. The summed E-state index contributed by atoms with van der Waals surface area (Å²) in [5.41, 5.74) is 1.10. The summed E-state index contributed by atoms with van der Waals surface area (Å²) in [4.78, 5) is 4.18. The molecule has 2 atom stereocenters. The summed E-state index contributed by atoms with van der Waals surface area (Å²) in [6, 6.07) is 2.01. The molecule has 2 rings (SSSR count). The first-order chi connectivity index (χ1) is 7.66. The molecule has 0 saturated heterocycles. The molecule has 1 aliphatic carbocycles. The number of pyridine rings is 1. The summed E-state index contributed by atoms with van der Waals surface area (Å²) in [6.45, 7) is 3.99. The molecule has 1 fully saturated rings. The van der Waals surface area contributed by atoms with Gasteiger partial charge in [-0.25, -0.2) is 0 Å². The fraction of sp³-hybridized carbons (Fsp3) is 0.615. The maximum atomic E-state index is 9.85. The number of hydrogen-bond donors (Lipinski definition) is 1. The Morgan fingerprint density at radius 3 is 2.81 bits per heavy atom. The van der Waals surface area contributed by atoms with Crippen molar-refractivity contribution < 1.29 is 9.84 Å². The van der Waals surface area contributed by atoms with E-state index >= 15 is 0 Å². The monoisotopic (exact) mass is 221 g/mol. The molecule has 88 valence electrons. The largest absolute Gasteiger partial charge is 0.489 e. The van der Waals surface area contributed by atoms with E-state index in [1.54, 1.807) is 6.20 Å². The molecule has 1 saturated carbocycles. The SMILES string of the molecule is CC(C)Oc1cncc(C2CCCC2O)c1. The molecule has 1 aliphatic rings. The smallest absolute Gasteiger partial charge is 0.138 e. The van der Waals surface area contributed by atoms with Gasteiger partial charge in [0.15, 0.2) is 0 Å². The van der Waals surface area contributed by atoms with Gasteiger partial charge in [-0.1, -0.05) is 6.42 Å². The van der Waals surface area contributed by atoms with Gasteiger partial charge in [0.25, 0.3) is 0 Å². The summed E-state index contributed by atoms with van der Waals surface area (Å²) < 4.78 is 5.61. The van der Waals surface area contributed by atoms with E-state index in [0.717, 1.165) is 30.6 Å². The number of hydrogen-bond acceptors (Lipinski definition) is 3. The molecule has 0 radical (unpaired) electrons. The Bertz CT molecular complexity index is 352. The Hall–Kier alpha value is -1.09. The van der Waals surface area contributed by atoms with Gasteiger partial charge in [-0.15, -0.1) is 0 Å². The highest BCUT2D eigenvalue weighted by atomic mass is 16.5. The second-order valence-corrected chi connectivity index (χ2v) is 4.73. The van der Waals surface area contributed by atoms with Crippen molar-refractivity contribution in [3.05, 3.63) is 24.0 Å². The zero-order valence-corrected chi connectivity index (χ0v) is 9.89. The van der Waals surface area contributed by atoms with Crippen molar-refractivity contribution in [2.75, 3.05) is 0 Å². The van der Waals surface area contributed by atoms with Crippen LogP contribution < -0.4 is 4.74 Å². The third kappa shape index (κ3) is 2.53. The third-order valence-corrected chi connectivity index (χ3v) is 3.01. The van der Waals surface area contributed by atoms with Gasteiger partial charge >= 0.3 is 0 Å². The van der Waals surface area contributed by atoms with E-state index in [9.17, 15) is 5.11 Å². The first-order valence-electron chi connectivity index (χ1n) is 5.96. The van der Waals surface area contributed by atoms with E-state index < -0.39 is 0 Å². The molecule has 2 unspecified atom stereocenters. The first kappa shape index (κ1) is 11.4. The van der Waals surface area contributed by atoms with Crippen LogP contribution in [-0.2, 0) is 0 Å². The molecule has 0 bridgehead atoms. The van der Waals surface area contributed by atoms with E-state index in [1.807, 2.05) is 26.1 Å². The Labute approximate surface area is 96.5 Å². The lowest BCUT2D eigenvalue weighted by atomic mass is 9.97. The van der Waals surface area contributed by atoms with Crippen molar-refractivity contribution in [3.8, 4) is 5.75 Å². The average Bonchev–Trinajstić information content (AvgIpc) is 2.64. The molecule has 0 amide bonds. The molecule has 0 aromatic carbocycles. The van der Waals surface area contributed by atoms with Gasteiger partial charge in [0.05, 0.1) is 18.4 Å². The predicted molar refractivity (Wildman–Crippen MR) is 62.6 cm³/mol. The van der Waals surface area contributed by atoms with Gasteiger partial charge in [-0.2, -0.15) is 0 Å². The summed E-state index contributed by atoms with van der Waals surface area (Å²) >= 11 is 0. The standard InChI is InChI=1S/C13H19NO2/c1-9(2)16-11-6-10(7-14-8-11)12-4-3-5-13(12)15/h6-9,12-13,15H,3-5H2,1-2H3. The molecule has 1 heterocycles. The number of aliphatic hydroxyl groups is 1. The number of nitrogens with zero attached hydrogens (tertiary/aromatic N) is 1. The molecule has 0 aliphatic heterocycles. The highest BCUT2D eigenvalue weighted by Crippen LogP contribution is 2.35. The normalized spacial score (nSPS) is 25.0. The molecule has 1 aromatic heterocycles. The number of aliphatic hydroxyl groups excluding tert-OH is 1. The molecular formula is C13H19NO2. The third-order valence-electron chi connectivity index (χ3n) is 3.01. The van der Waals surface area contributed by atoms with E-state index in [-0.39, 0.29) is 18.1 Å². The highest BCUT2D eigenvalue weighted by Gasteiger charge is 2.27. The molecule has 16 heavy (non-hydrogen) atoms. The molecule has 3 heteroatoms. The molecule has 3 nitrogen and oxygen atoms in total. The summed E-state index contributed by atoms with van der Waals surface area (Å²) in [6.07, 6.45) is 6.56. The van der Waals surface area contributed by atoms with Crippen molar-refractivity contribution in [1.29, 1.82) is 0 Å². The molecule has 1 aromatic rings. The van der Waals surface area contributed by atoms with Gasteiger partial charge in [0.1, 0.15) is 5.75 Å². The van der Waals surface area contributed by atoms with E-state index in [2.05, 4.69) is 4.98 Å². The first-order valence-corrected chi connectivity index (χ1v) is 5.96. The van der Waals surface area contributed by atoms with Crippen LogP contribution in [0.1, 0.15) is 44.6 Å². The van der Waals surface area contributed by atoms with Crippen molar-refractivity contribution in [1.82, 2.24) is 4.98 Å². The minimum absolute atomic E-state index is 0.158. The van der Waals surface area contributed by atoms with Crippen LogP contribution in [0, 0.1) is 0 Å². The van der Waals surface area contributed by atoms with Crippen LogP contribution in [0.15, 0.2) is 18.5 Å². The van der Waals surface area contributed by atoms with Gasteiger partial charge in [0.2, 0.25) is 0 Å². The highest BCUT2D eigenvalue weighted by molar-refractivity contribution is 5.28. The lowest BCUT2D eigenvalue weighted by Crippen LogP contribution is -2.12. The summed E-state index contributed by atoms with van der Waals surface area (Å²) in [5, 5.41) is 9.85. The summed E-state index contributed by atoms with van der Waals surface area (Å²) in [5.74, 6) is 1.04. The van der Waals surface area contributed by atoms with E-state index in [4.69, 9.17) is 4.74 Å². The van der Waals surface area contributed by atoms with Crippen molar-refractivity contribution in [2.45, 2.75) is 51.2 Å². The molecular weight excluding hydrogens is 202 g/mol. The number of rotatable bonds is 3. The summed E-state index contributed by atoms with van der Waals surface area (Å²) in [7, 11) is 0. The van der Waals surface area contributed by atoms with Crippen LogP contribution in [0.25, 0.3) is 0 Å². The quantitative estimate of drug-likeness (QED) is 0.852. The van der Waals surface area contributed by atoms with Crippen LogP contribution >= 0.6 is 0 Å².